The highest BCUT2D eigenvalue weighted by atomic mass is 32.2. The van der Waals surface area contributed by atoms with E-state index in [1.54, 1.807) is 7.05 Å². The van der Waals surface area contributed by atoms with Gasteiger partial charge < -0.3 is 9.64 Å². The number of carbonyl (C=O) groups is 2. The largest absolute Gasteiger partial charge is 0.466 e. The molecule has 1 heterocycles. The second kappa shape index (κ2) is 4.63. The number of fused-ring (bicyclic) bond motifs is 1. The van der Waals surface area contributed by atoms with Gasteiger partial charge in [0.05, 0.1) is 17.7 Å². The zero-order valence-corrected chi connectivity index (χ0v) is 10.3. The quantitative estimate of drug-likeness (QED) is 0.562. The predicted molar refractivity (Wildman–Crippen MR) is 65.8 cm³/mol. The Kier molecular flexibility index (Phi) is 3.19. The number of thioether (sulfide) groups is 1. The highest BCUT2D eigenvalue weighted by molar-refractivity contribution is 8.04. The molecule has 0 unspecified atom stereocenters. The standard InChI is InChI=1S/C12H11NO3S/c1-13-8-5-3-4-6-9(8)17-10(12(13)15)7-11(14)16-2/h3-7H,1-2H3/b10-7-. The second-order valence-electron chi connectivity index (χ2n) is 3.47. The number of hydrogen-bond donors (Lipinski definition) is 0. The van der Waals surface area contributed by atoms with Crippen molar-refractivity contribution < 1.29 is 14.3 Å². The fourth-order valence-electron chi connectivity index (χ4n) is 1.51. The van der Waals surface area contributed by atoms with E-state index in [0.717, 1.165) is 10.6 Å². The molecule has 0 radical (unpaired) electrons. The fraction of sp³-hybridized carbons (Fsp3) is 0.167. The molecule has 0 N–H and O–H groups in total. The van der Waals surface area contributed by atoms with Gasteiger partial charge in [0.2, 0.25) is 0 Å². The van der Waals surface area contributed by atoms with Gasteiger partial charge in [0.15, 0.2) is 0 Å². The number of benzene rings is 1. The molecule has 0 aliphatic carbocycles. The van der Waals surface area contributed by atoms with Crippen LogP contribution in [-0.4, -0.2) is 26.0 Å². The number of amides is 1. The topological polar surface area (TPSA) is 46.6 Å². The van der Waals surface area contributed by atoms with Crippen LogP contribution < -0.4 is 4.90 Å². The third kappa shape index (κ3) is 2.19. The molecule has 0 spiro atoms. The van der Waals surface area contributed by atoms with E-state index in [2.05, 4.69) is 4.74 Å². The average molecular weight is 249 g/mol. The molecule has 0 atom stereocenters. The van der Waals surface area contributed by atoms with E-state index in [0.29, 0.717) is 4.91 Å². The van der Waals surface area contributed by atoms with Crippen LogP contribution >= 0.6 is 11.8 Å². The molecule has 1 aromatic carbocycles. The summed E-state index contributed by atoms with van der Waals surface area (Å²) in [7, 11) is 2.97. The van der Waals surface area contributed by atoms with Crippen LogP contribution in [0.3, 0.4) is 0 Å². The monoisotopic (exact) mass is 249 g/mol. The Balaban J connectivity index is 2.41. The van der Waals surface area contributed by atoms with E-state index in [-0.39, 0.29) is 5.91 Å². The zero-order valence-electron chi connectivity index (χ0n) is 9.47. The van der Waals surface area contributed by atoms with E-state index in [9.17, 15) is 9.59 Å². The third-order valence-electron chi connectivity index (χ3n) is 2.41. The van der Waals surface area contributed by atoms with Gasteiger partial charge in [0, 0.05) is 18.0 Å². The number of methoxy groups -OCH3 is 1. The Hall–Kier alpha value is -1.75. The maximum absolute atomic E-state index is 12.0. The lowest BCUT2D eigenvalue weighted by molar-refractivity contribution is -0.135. The minimum atomic E-state index is -0.520. The van der Waals surface area contributed by atoms with Crippen LogP contribution in [0.2, 0.25) is 0 Å². The first-order valence-corrected chi connectivity index (χ1v) is 5.79. The van der Waals surface area contributed by atoms with Crippen molar-refractivity contribution >= 4 is 29.3 Å². The normalized spacial score (nSPS) is 16.9. The summed E-state index contributed by atoms with van der Waals surface area (Å²) in [6, 6.07) is 7.55. The molecule has 0 aromatic heterocycles. The second-order valence-corrected chi connectivity index (χ2v) is 4.55. The van der Waals surface area contributed by atoms with E-state index >= 15 is 0 Å². The van der Waals surface area contributed by atoms with E-state index in [1.807, 2.05) is 24.3 Å². The van der Waals surface area contributed by atoms with Crippen molar-refractivity contribution in [2.24, 2.45) is 0 Å². The van der Waals surface area contributed by atoms with Crippen LogP contribution in [-0.2, 0) is 14.3 Å². The van der Waals surface area contributed by atoms with Crippen LogP contribution in [0, 0.1) is 0 Å². The Labute approximate surface area is 103 Å². The molecular formula is C12H11NO3S. The van der Waals surface area contributed by atoms with Crippen molar-refractivity contribution in [2.45, 2.75) is 4.90 Å². The van der Waals surface area contributed by atoms with Crippen LogP contribution in [0.25, 0.3) is 0 Å². The molecule has 1 aromatic rings. The number of carbonyl (C=O) groups excluding carboxylic acids is 2. The molecule has 0 saturated carbocycles. The first kappa shape index (κ1) is 11.7. The molecule has 88 valence electrons. The Morgan fingerprint density at radius 1 is 1.41 bits per heavy atom. The van der Waals surface area contributed by atoms with Gasteiger partial charge in [-0.1, -0.05) is 23.9 Å². The summed E-state index contributed by atoms with van der Waals surface area (Å²) in [5, 5.41) is 0. The van der Waals surface area contributed by atoms with E-state index in [4.69, 9.17) is 0 Å². The highest BCUT2D eigenvalue weighted by Crippen LogP contribution is 2.40. The molecule has 1 amide bonds. The van der Waals surface area contributed by atoms with Gasteiger partial charge in [-0.05, 0) is 12.1 Å². The van der Waals surface area contributed by atoms with Crippen molar-refractivity contribution in [2.75, 3.05) is 19.1 Å². The van der Waals surface area contributed by atoms with Gasteiger partial charge in [-0.15, -0.1) is 0 Å². The molecule has 0 fully saturated rings. The summed E-state index contributed by atoms with van der Waals surface area (Å²) < 4.78 is 4.53. The van der Waals surface area contributed by atoms with Gasteiger partial charge in [-0.2, -0.15) is 0 Å². The number of likely N-dealkylation sites (N-methyl/N-ethyl adjacent to an activating group) is 1. The van der Waals surface area contributed by atoms with Gasteiger partial charge in [0.1, 0.15) is 0 Å². The van der Waals surface area contributed by atoms with Crippen molar-refractivity contribution in [1.29, 1.82) is 0 Å². The number of ether oxygens (including phenoxy) is 1. The molecule has 2 rings (SSSR count). The number of anilines is 1. The Morgan fingerprint density at radius 3 is 2.82 bits per heavy atom. The summed E-state index contributed by atoms with van der Waals surface area (Å²) in [5.74, 6) is -0.715. The predicted octanol–water partition coefficient (Wildman–Crippen LogP) is 1.81. The van der Waals surface area contributed by atoms with Gasteiger partial charge in [0.25, 0.3) is 5.91 Å². The Morgan fingerprint density at radius 2 is 2.12 bits per heavy atom. The first-order chi connectivity index (χ1) is 8.13. The minimum Gasteiger partial charge on any atom is -0.466 e. The molecule has 1 aliphatic heterocycles. The molecular weight excluding hydrogens is 238 g/mol. The lowest BCUT2D eigenvalue weighted by atomic mass is 10.3. The van der Waals surface area contributed by atoms with Crippen molar-refractivity contribution in [1.82, 2.24) is 0 Å². The number of esters is 1. The van der Waals surface area contributed by atoms with Crippen LogP contribution in [0.5, 0.6) is 0 Å². The van der Waals surface area contributed by atoms with E-state index < -0.39 is 5.97 Å². The molecule has 0 saturated heterocycles. The molecule has 0 bridgehead atoms. The van der Waals surface area contributed by atoms with Crippen molar-refractivity contribution in [3.63, 3.8) is 0 Å². The fourth-order valence-corrected chi connectivity index (χ4v) is 2.59. The molecule has 4 nitrogen and oxygen atoms in total. The van der Waals surface area contributed by atoms with Gasteiger partial charge in [-0.25, -0.2) is 4.79 Å². The molecule has 1 aliphatic rings. The smallest absolute Gasteiger partial charge is 0.331 e. The minimum absolute atomic E-state index is 0.195. The summed E-state index contributed by atoms with van der Waals surface area (Å²) in [5.41, 5.74) is 0.851. The lowest BCUT2D eigenvalue weighted by Crippen LogP contribution is -2.30. The SMILES string of the molecule is COC(=O)/C=C1\Sc2ccccc2N(C)C1=O. The number of nitrogens with zero attached hydrogens (tertiary/aromatic N) is 1. The highest BCUT2D eigenvalue weighted by Gasteiger charge is 2.26. The summed E-state index contributed by atoms with van der Waals surface area (Å²) >= 11 is 1.28. The van der Waals surface area contributed by atoms with Crippen LogP contribution in [0.1, 0.15) is 0 Å². The number of rotatable bonds is 1. The van der Waals surface area contributed by atoms with Crippen molar-refractivity contribution in [3.8, 4) is 0 Å². The zero-order chi connectivity index (χ0) is 12.4. The van der Waals surface area contributed by atoms with Gasteiger partial charge in [-0.3, -0.25) is 4.79 Å². The van der Waals surface area contributed by atoms with Crippen molar-refractivity contribution in [3.05, 3.63) is 35.2 Å². The van der Waals surface area contributed by atoms with Crippen LogP contribution in [0.15, 0.2) is 40.1 Å². The maximum atomic E-state index is 12.0. The molecule has 5 heteroatoms. The maximum Gasteiger partial charge on any atom is 0.331 e. The van der Waals surface area contributed by atoms with Gasteiger partial charge >= 0.3 is 5.97 Å². The summed E-state index contributed by atoms with van der Waals surface area (Å²) in [4.78, 5) is 26.0. The lowest BCUT2D eigenvalue weighted by Gasteiger charge is -2.26. The number of para-hydroxylation sites is 1. The summed E-state index contributed by atoms with van der Waals surface area (Å²) in [6.07, 6.45) is 1.22. The molecule has 17 heavy (non-hydrogen) atoms. The third-order valence-corrected chi connectivity index (χ3v) is 3.49. The number of hydrogen-bond acceptors (Lipinski definition) is 4. The average Bonchev–Trinajstić information content (AvgIpc) is 2.35. The first-order valence-electron chi connectivity index (χ1n) is 4.98. The van der Waals surface area contributed by atoms with Crippen LogP contribution in [0.4, 0.5) is 5.69 Å². The van der Waals surface area contributed by atoms with E-state index in [1.165, 1.54) is 29.8 Å². The Bertz CT molecular complexity index is 510. The summed E-state index contributed by atoms with van der Waals surface area (Å²) in [6.45, 7) is 0.